The Morgan fingerprint density at radius 1 is 1.16 bits per heavy atom. The number of nitrogens with one attached hydrogen (secondary N) is 1. The van der Waals surface area contributed by atoms with E-state index in [0.717, 1.165) is 23.6 Å². The number of nitrogens with two attached hydrogens (primary N) is 1. The van der Waals surface area contributed by atoms with Gasteiger partial charge in [0.1, 0.15) is 0 Å². The third-order valence-electron chi connectivity index (χ3n) is 6.51. The molecule has 1 saturated carbocycles. The van der Waals surface area contributed by atoms with Crippen molar-refractivity contribution in [2.45, 2.75) is 79.7 Å². The summed E-state index contributed by atoms with van der Waals surface area (Å²) in [6.07, 6.45) is 6.28. The van der Waals surface area contributed by atoms with Crippen molar-refractivity contribution in [2.24, 2.45) is 34.8 Å². The fraction of sp³-hybridized carbons (Fsp3) is 0.739. The maximum absolute atomic E-state index is 5.95. The molecule has 0 aromatic heterocycles. The molecule has 2 nitrogen and oxygen atoms in total. The highest BCUT2D eigenvalue weighted by atomic mass is 14.9. The molecular formula is C23H42N2. The van der Waals surface area contributed by atoms with Crippen molar-refractivity contribution in [1.82, 2.24) is 5.32 Å². The third kappa shape index (κ3) is 5.94. The molecule has 1 aliphatic rings. The summed E-state index contributed by atoms with van der Waals surface area (Å²) >= 11 is 0. The van der Waals surface area contributed by atoms with Gasteiger partial charge in [0.05, 0.1) is 6.04 Å². The fourth-order valence-corrected chi connectivity index (χ4v) is 4.37. The van der Waals surface area contributed by atoms with Crippen LogP contribution in [0.5, 0.6) is 0 Å². The van der Waals surface area contributed by atoms with Gasteiger partial charge < -0.3 is 11.1 Å². The van der Waals surface area contributed by atoms with E-state index < -0.39 is 0 Å². The van der Waals surface area contributed by atoms with E-state index in [-0.39, 0.29) is 6.04 Å². The standard InChI is InChI=1S/C23H42N2/c1-10-21(23(7,8)9)16(3)15(2)19(6)25-22(17(4)18(5)24)14-20-12-11-13-20/h15-16,20-22,25H,4-6,10-14,24H2,1-3,7-9H3. The molecule has 3 N–H and O–H groups in total. The van der Waals surface area contributed by atoms with Crippen LogP contribution in [0.2, 0.25) is 0 Å². The molecule has 25 heavy (non-hydrogen) atoms. The first kappa shape index (κ1) is 21.9. The van der Waals surface area contributed by atoms with Crippen molar-refractivity contribution in [3.05, 3.63) is 36.7 Å². The maximum atomic E-state index is 5.95. The molecule has 0 saturated heterocycles. The van der Waals surface area contributed by atoms with Crippen LogP contribution in [0, 0.1) is 29.1 Å². The Morgan fingerprint density at radius 2 is 1.72 bits per heavy atom. The van der Waals surface area contributed by atoms with E-state index in [0.29, 0.717) is 28.9 Å². The Balaban J connectivity index is 2.79. The predicted molar refractivity (Wildman–Crippen MR) is 112 cm³/mol. The normalized spacial score (nSPS) is 20.1. The molecule has 1 rings (SSSR count). The first-order chi connectivity index (χ1) is 11.5. The number of hydrogen-bond donors (Lipinski definition) is 2. The van der Waals surface area contributed by atoms with Crippen LogP contribution in [0.15, 0.2) is 36.7 Å². The quantitative estimate of drug-likeness (QED) is 0.474. The second kappa shape index (κ2) is 8.96. The summed E-state index contributed by atoms with van der Waals surface area (Å²) in [5, 5.41) is 3.67. The minimum absolute atomic E-state index is 0.166. The zero-order chi connectivity index (χ0) is 19.4. The highest BCUT2D eigenvalue weighted by molar-refractivity contribution is 5.29. The molecule has 0 heterocycles. The van der Waals surface area contributed by atoms with E-state index >= 15 is 0 Å². The van der Waals surface area contributed by atoms with Crippen molar-refractivity contribution in [3.63, 3.8) is 0 Å². The molecule has 144 valence electrons. The Labute approximate surface area is 157 Å². The van der Waals surface area contributed by atoms with Gasteiger partial charge in [0.2, 0.25) is 0 Å². The molecule has 0 aliphatic heterocycles. The molecule has 0 amide bonds. The summed E-state index contributed by atoms with van der Waals surface area (Å²) in [7, 11) is 0. The maximum Gasteiger partial charge on any atom is 0.0527 e. The average molecular weight is 347 g/mol. The summed E-state index contributed by atoms with van der Waals surface area (Å²) in [5.74, 6) is 2.43. The van der Waals surface area contributed by atoms with Crippen LogP contribution < -0.4 is 11.1 Å². The molecule has 2 heteroatoms. The minimum Gasteiger partial charge on any atom is -0.399 e. The molecule has 4 atom stereocenters. The van der Waals surface area contributed by atoms with Crippen LogP contribution in [0.1, 0.15) is 73.6 Å². The van der Waals surface area contributed by atoms with Crippen molar-refractivity contribution in [2.75, 3.05) is 0 Å². The Bertz CT molecular complexity index is 479. The lowest BCUT2D eigenvalue weighted by atomic mass is 9.68. The molecule has 0 aromatic rings. The van der Waals surface area contributed by atoms with Crippen LogP contribution in [0.25, 0.3) is 0 Å². The second-order valence-electron chi connectivity index (χ2n) is 9.33. The zero-order valence-corrected chi connectivity index (χ0v) is 17.6. The van der Waals surface area contributed by atoms with Gasteiger partial charge in [0.15, 0.2) is 0 Å². The van der Waals surface area contributed by atoms with Crippen LogP contribution in [-0.4, -0.2) is 6.04 Å². The van der Waals surface area contributed by atoms with Gasteiger partial charge in [-0.05, 0) is 41.1 Å². The summed E-state index contributed by atoms with van der Waals surface area (Å²) < 4.78 is 0. The molecule has 0 spiro atoms. The smallest absolute Gasteiger partial charge is 0.0527 e. The van der Waals surface area contributed by atoms with E-state index in [9.17, 15) is 0 Å². The van der Waals surface area contributed by atoms with Gasteiger partial charge in [-0.3, -0.25) is 0 Å². The molecular weight excluding hydrogens is 304 g/mol. The van der Waals surface area contributed by atoms with Gasteiger partial charge in [-0.15, -0.1) is 0 Å². The number of hydrogen-bond acceptors (Lipinski definition) is 2. The third-order valence-corrected chi connectivity index (χ3v) is 6.51. The summed E-state index contributed by atoms with van der Waals surface area (Å²) in [5.41, 5.74) is 8.88. The van der Waals surface area contributed by atoms with E-state index in [1.165, 1.54) is 25.7 Å². The monoisotopic (exact) mass is 346 g/mol. The second-order valence-corrected chi connectivity index (χ2v) is 9.33. The van der Waals surface area contributed by atoms with E-state index in [1.807, 2.05) is 0 Å². The van der Waals surface area contributed by atoms with Crippen molar-refractivity contribution in [3.8, 4) is 0 Å². The SMILES string of the molecule is C=C(N)C(=C)C(CC1CCC1)NC(=C)C(C)C(C)C(CC)C(C)(C)C. The van der Waals surface area contributed by atoms with E-state index in [4.69, 9.17) is 5.73 Å². The lowest BCUT2D eigenvalue weighted by Gasteiger charge is -2.40. The highest BCUT2D eigenvalue weighted by Gasteiger charge is 2.33. The van der Waals surface area contributed by atoms with Crippen LogP contribution in [0.3, 0.4) is 0 Å². The van der Waals surface area contributed by atoms with E-state index in [1.54, 1.807) is 0 Å². The fourth-order valence-electron chi connectivity index (χ4n) is 4.37. The lowest BCUT2D eigenvalue weighted by Crippen LogP contribution is -2.39. The first-order valence-electron chi connectivity index (χ1n) is 10.1. The van der Waals surface area contributed by atoms with Gasteiger partial charge in [0, 0.05) is 11.4 Å². The Morgan fingerprint density at radius 3 is 2.08 bits per heavy atom. The molecule has 0 aromatic carbocycles. The summed E-state index contributed by atoms with van der Waals surface area (Å²) in [6, 6.07) is 0.166. The van der Waals surface area contributed by atoms with Crippen LogP contribution in [0.4, 0.5) is 0 Å². The largest absolute Gasteiger partial charge is 0.399 e. The molecule has 4 unspecified atom stereocenters. The predicted octanol–water partition coefficient (Wildman–Crippen LogP) is 6.02. The van der Waals surface area contributed by atoms with Gasteiger partial charge in [0.25, 0.3) is 0 Å². The molecule has 0 radical (unpaired) electrons. The highest BCUT2D eigenvalue weighted by Crippen LogP contribution is 2.40. The van der Waals surface area contributed by atoms with E-state index in [2.05, 4.69) is 66.6 Å². The van der Waals surface area contributed by atoms with Gasteiger partial charge in [-0.25, -0.2) is 0 Å². The summed E-state index contributed by atoms with van der Waals surface area (Å²) in [4.78, 5) is 0. The number of rotatable bonds is 10. The average Bonchev–Trinajstić information content (AvgIpc) is 2.46. The van der Waals surface area contributed by atoms with Crippen molar-refractivity contribution < 1.29 is 0 Å². The van der Waals surface area contributed by atoms with Gasteiger partial charge in [-0.1, -0.05) is 87.0 Å². The lowest BCUT2D eigenvalue weighted by molar-refractivity contribution is 0.131. The minimum atomic E-state index is 0.166. The first-order valence-corrected chi connectivity index (χ1v) is 10.1. The van der Waals surface area contributed by atoms with Crippen LogP contribution >= 0.6 is 0 Å². The van der Waals surface area contributed by atoms with Crippen LogP contribution in [-0.2, 0) is 0 Å². The molecule has 1 fully saturated rings. The van der Waals surface area contributed by atoms with Crippen molar-refractivity contribution in [1.29, 1.82) is 0 Å². The number of allylic oxidation sites excluding steroid dienone is 1. The van der Waals surface area contributed by atoms with Gasteiger partial charge in [-0.2, -0.15) is 0 Å². The zero-order valence-electron chi connectivity index (χ0n) is 17.6. The van der Waals surface area contributed by atoms with Crippen molar-refractivity contribution >= 4 is 0 Å². The summed E-state index contributed by atoms with van der Waals surface area (Å²) in [6.45, 7) is 26.5. The Kier molecular flexibility index (Phi) is 7.84. The van der Waals surface area contributed by atoms with Gasteiger partial charge >= 0.3 is 0 Å². The Hall–Kier alpha value is -1.18. The molecule has 1 aliphatic carbocycles. The topological polar surface area (TPSA) is 38.0 Å². The molecule has 0 bridgehead atoms.